The average Bonchev–Trinajstić information content (AvgIpc) is 3.89. The van der Waals surface area contributed by atoms with Crippen LogP contribution in [0.15, 0.2) is 97.8 Å². The summed E-state index contributed by atoms with van der Waals surface area (Å²) < 4.78 is 13.2. The third-order valence-corrected chi connectivity index (χ3v) is 8.20. The summed E-state index contributed by atoms with van der Waals surface area (Å²) in [7, 11) is 0. The van der Waals surface area contributed by atoms with Gasteiger partial charge in [-0.15, -0.1) is 5.73 Å². The Balaban J connectivity index is 0.00000291. The summed E-state index contributed by atoms with van der Waals surface area (Å²) in [5.74, 6) is -0.402. The van der Waals surface area contributed by atoms with Crippen LogP contribution >= 0.6 is 0 Å². The second kappa shape index (κ2) is 15.9. The van der Waals surface area contributed by atoms with Gasteiger partial charge in [0.15, 0.2) is 11.6 Å². The predicted octanol–water partition coefficient (Wildman–Crippen LogP) is 11.1. The normalized spacial score (nSPS) is 12.5. The lowest BCUT2D eigenvalue weighted by atomic mass is 9.87. The van der Waals surface area contributed by atoms with Crippen molar-refractivity contribution in [3.8, 4) is 0 Å². The number of carbonyl (C=O) groups is 2. The monoisotopic (exact) mass is 594 g/mol. The molecule has 0 atom stereocenters. The fourth-order valence-electron chi connectivity index (χ4n) is 5.47. The van der Waals surface area contributed by atoms with Gasteiger partial charge in [0, 0.05) is 17.1 Å². The van der Waals surface area contributed by atoms with Crippen molar-refractivity contribution in [3.63, 3.8) is 0 Å². The van der Waals surface area contributed by atoms with Crippen LogP contribution in [-0.4, -0.2) is 11.6 Å². The highest BCUT2D eigenvalue weighted by atomic mass is 19.1. The van der Waals surface area contributed by atoms with Crippen LogP contribution in [0.3, 0.4) is 0 Å². The Kier molecular flexibility index (Phi) is 12.4. The first kappa shape index (κ1) is 34.2. The number of halogens is 1. The van der Waals surface area contributed by atoms with Gasteiger partial charge in [0.1, 0.15) is 5.82 Å². The van der Waals surface area contributed by atoms with Crippen molar-refractivity contribution in [1.29, 1.82) is 0 Å². The van der Waals surface area contributed by atoms with E-state index in [2.05, 4.69) is 61.4 Å². The molecule has 1 aliphatic carbocycles. The minimum Gasteiger partial charge on any atom is -0.298 e. The van der Waals surface area contributed by atoms with Gasteiger partial charge in [-0.3, -0.25) is 9.59 Å². The van der Waals surface area contributed by atoms with E-state index < -0.39 is 5.41 Å². The molecule has 0 spiro atoms. The van der Waals surface area contributed by atoms with Gasteiger partial charge in [-0.05, 0) is 107 Å². The molecule has 1 saturated carbocycles. The van der Waals surface area contributed by atoms with Crippen LogP contribution in [0.2, 0.25) is 0 Å². The van der Waals surface area contributed by atoms with E-state index in [1.165, 1.54) is 34.0 Å². The third kappa shape index (κ3) is 7.98. The molecule has 0 bridgehead atoms. The van der Waals surface area contributed by atoms with Gasteiger partial charge in [-0.2, -0.15) is 0 Å². The smallest absolute Gasteiger partial charge is 0.150 e. The van der Waals surface area contributed by atoms with E-state index in [4.69, 9.17) is 0 Å². The number of benzene rings is 4. The number of fused-ring (bicyclic) bond motifs is 1. The molecule has 3 heteroatoms. The third-order valence-electron chi connectivity index (χ3n) is 8.20. The second-order valence-corrected chi connectivity index (χ2v) is 10.8. The van der Waals surface area contributed by atoms with E-state index in [1.54, 1.807) is 12.1 Å². The fraction of sp³-hybridized carbons (Fsp3) is 0.293. The summed E-state index contributed by atoms with van der Waals surface area (Å²) in [6, 6.07) is 24.9. The first-order valence-corrected chi connectivity index (χ1v) is 15.8. The molecular formula is C41H51FO2. The molecule has 0 unspecified atom stereocenters. The molecule has 0 aliphatic heterocycles. The number of rotatable bonds is 11. The van der Waals surface area contributed by atoms with E-state index in [1.807, 2.05) is 52.8 Å². The highest BCUT2D eigenvalue weighted by Crippen LogP contribution is 2.48. The maximum Gasteiger partial charge on any atom is 0.150 e. The Morgan fingerprint density at radius 1 is 0.841 bits per heavy atom. The topological polar surface area (TPSA) is 34.1 Å². The Labute approximate surface area is 267 Å². The Bertz CT molecular complexity index is 1660. The van der Waals surface area contributed by atoms with Gasteiger partial charge in [0.2, 0.25) is 0 Å². The Hall–Kier alpha value is -4.33. The Morgan fingerprint density at radius 2 is 1.39 bits per heavy atom. The molecule has 2 nitrogen and oxygen atoms in total. The summed E-state index contributed by atoms with van der Waals surface area (Å²) in [6.07, 6.45) is 5.27. The molecule has 0 aromatic heterocycles. The average molecular weight is 595 g/mol. The molecule has 44 heavy (non-hydrogen) atoms. The fourth-order valence-corrected chi connectivity index (χ4v) is 5.47. The van der Waals surface area contributed by atoms with Crippen LogP contribution in [0.5, 0.6) is 0 Å². The quantitative estimate of drug-likeness (QED) is 0.128. The van der Waals surface area contributed by atoms with Crippen molar-refractivity contribution in [2.24, 2.45) is 5.41 Å². The van der Waals surface area contributed by atoms with Gasteiger partial charge >= 0.3 is 0 Å². The minimum absolute atomic E-state index is 0. The number of hydrogen-bond acceptors (Lipinski definition) is 2. The lowest BCUT2D eigenvalue weighted by molar-refractivity contribution is -0.133. The largest absolute Gasteiger partial charge is 0.298 e. The lowest BCUT2D eigenvalue weighted by Gasteiger charge is -2.14. The summed E-state index contributed by atoms with van der Waals surface area (Å²) >= 11 is 0. The van der Waals surface area contributed by atoms with Crippen LogP contribution in [-0.2, 0) is 35.3 Å². The molecule has 4 aromatic carbocycles. The first-order valence-electron chi connectivity index (χ1n) is 15.8. The van der Waals surface area contributed by atoms with Crippen LogP contribution in [0.4, 0.5) is 4.39 Å². The van der Waals surface area contributed by atoms with Crippen molar-refractivity contribution in [3.05, 3.63) is 137 Å². The van der Waals surface area contributed by atoms with E-state index in [0.29, 0.717) is 12.8 Å². The van der Waals surface area contributed by atoms with Crippen LogP contribution in [0.1, 0.15) is 85.1 Å². The van der Waals surface area contributed by atoms with Gasteiger partial charge in [0.25, 0.3) is 0 Å². The number of allylic oxidation sites excluding steroid dienone is 1. The molecule has 5 rings (SSSR count). The number of ketones is 2. The van der Waals surface area contributed by atoms with Crippen LogP contribution < -0.4 is 0 Å². The number of aryl methyl sites for hydroxylation is 2. The highest BCUT2D eigenvalue weighted by molar-refractivity contribution is 6.11. The second-order valence-electron chi connectivity index (χ2n) is 10.8. The summed E-state index contributed by atoms with van der Waals surface area (Å²) in [5.41, 5.74) is 9.47. The molecule has 4 aromatic rings. The standard InChI is InChI=1S/C37H33FO2.2C2H6.3H2/c1-4-25(3)33-24-34-30(7-6-8-31(34)23-29(33)5-2)16-13-26-9-11-27(12-10-26)21-35(39)37(19-20-37)36(40)22-28-14-17-32(38)18-15-28;2*1-2;;;/h5-12,14-15,17-18,23-24H,1-2,13,16,19-22H2,3H3;2*1-2H3;3*1H. The molecule has 234 valence electrons. The molecule has 0 saturated heterocycles. The zero-order valence-electron chi connectivity index (χ0n) is 26.9. The lowest BCUT2D eigenvalue weighted by Crippen LogP contribution is -2.28. The molecule has 0 N–H and O–H groups in total. The van der Waals surface area contributed by atoms with E-state index in [0.717, 1.165) is 40.7 Å². The van der Waals surface area contributed by atoms with Crippen LogP contribution in [0.25, 0.3) is 22.4 Å². The number of carbonyl (C=O) groups excluding carboxylic acids is 2. The summed E-state index contributed by atoms with van der Waals surface area (Å²) in [6.45, 7) is 17.8. The van der Waals surface area contributed by atoms with Crippen molar-refractivity contribution >= 4 is 34.0 Å². The minimum atomic E-state index is -0.870. The molecule has 1 aliphatic rings. The maximum absolute atomic E-state index is 13.2. The van der Waals surface area contributed by atoms with Crippen LogP contribution in [0, 0.1) is 11.2 Å². The van der Waals surface area contributed by atoms with Crippen molar-refractivity contribution in [1.82, 2.24) is 0 Å². The predicted molar refractivity (Wildman–Crippen MR) is 191 cm³/mol. The zero-order valence-corrected chi connectivity index (χ0v) is 26.9. The number of Topliss-reactive ketones (excluding diaryl/α,β-unsaturated/α-hetero) is 2. The van der Waals surface area contributed by atoms with Gasteiger partial charge in [-0.25, -0.2) is 4.39 Å². The molecule has 1 fully saturated rings. The summed E-state index contributed by atoms with van der Waals surface area (Å²) in [5, 5.41) is 2.41. The van der Waals surface area contributed by atoms with Crippen molar-refractivity contribution in [2.45, 2.75) is 73.1 Å². The molecular weight excluding hydrogens is 543 g/mol. The molecule has 0 heterocycles. The van der Waals surface area contributed by atoms with E-state index >= 15 is 0 Å². The van der Waals surface area contributed by atoms with E-state index in [9.17, 15) is 14.0 Å². The van der Waals surface area contributed by atoms with Gasteiger partial charge in [0.05, 0.1) is 5.41 Å². The number of hydrogen-bond donors (Lipinski definition) is 0. The molecule has 0 radical (unpaired) electrons. The van der Waals surface area contributed by atoms with Crippen molar-refractivity contribution in [2.75, 3.05) is 0 Å². The SMILES string of the molecule is C=C=C(C)c1cc2c(CCc3ccc(CC(=O)C4(C(=O)Cc5ccc(F)cc5)CC4)cc3)cccc2cc1C=C.CC.CC.[HH].[HH].[HH]. The van der Waals surface area contributed by atoms with E-state index in [-0.39, 0.29) is 34.5 Å². The molecule has 0 amide bonds. The highest BCUT2D eigenvalue weighted by Gasteiger charge is 2.54. The maximum atomic E-state index is 13.2. The van der Waals surface area contributed by atoms with Crippen molar-refractivity contribution < 1.29 is 18.3 Å². The zero-order chi connectivity index (χ0) is 32.3. The summed E-state index contributed by atoms with van der Waals surface area (Å²) in [4.78, 5) is 26.1. The first-order chi connectivity index (χ1) is 21.3. The Morgan fingerprint density at radius 3 is 1.91 bits per heavy atom. The van der Waals surface area contributed by atoms with Gasteiger partial charge in [-0.1, -0.05) is 102 Å². The van der Waals surface area contributed by atoms with Gasteiger partial charge < -0.3 is 0 Å².